The van der Waals surface area contributed by atoms with Crippen LogP contribution in [0.15, 0.2) is 11.6 Å². The molecule has 0 aromatic carbocycles. The van der Waals surface area contributed by atoms with Gasteiger partial charge in [0, 0.05) is 41.8 Å². The lowest BCUT2D eigenvalue weighted by molar-refractivity contribution is 0.175. The Labute approximate surface area is 153 Å². The molecule has 136 valence electrons. The van der Waals surface area contributed by atoms with Crippen LogP contribution in [-0.2, 0) is 0 Å². The first-order valence-corrected chi connectivity index (χ1v) is 9.91. The first-order valence-electron chi connectivity index (χ1n) is 9.03. The van der Waals surface area contributed by atoms with Crippen molar-refractivity contribution >= 4 is 17.4 Å². The molecule has 1 saturated heterocycles. The van der Waals surface area contributed by atoms with Gasteiger partial charge in [0.25, 0.3) is 0 Å². The number of aromatic nitrogens is 3. The predicted octanol–water partition coefficient (Wildman–Crippen LogP) is 3.91. The highest BCUT2D eigenvalue weighted by atomic mass is 32.1. The average molecular weight is 362 g/mol. The number of urea groups is 1. The van der Waals surface area contributed by atoms with Gasteiger partial charge in [0.05, 0.1) is 16.7 Å². The first kappa shape index (κ1) is 17.9. The maximum atomic E-state index is 12.9. The number of aryl methyl sites for hydroxylation is 2. The Balaban J connectivity index is 1.71. The summed E-state index contributed by atoms with van der Waals surface area (Å²) in [4.78, 5) is 19.3. The molecule has 2 atom stereocenters. The summed E-state index contributed by atoms with van der Waals surface area (Å²) in [5.74, 6) is 0.228. The van der Waals surface area contributed by atoms with E-state index in [0.29, 0.717) is 6.54 Å². The molecule has 0 radical (unpaired) electrons. The van der Waals surface area contributed by atoms with E-state index in [1.54, 1.807) is 11.3 Å². The van der Waals surface area contributed by atoms with Crippen molar-refractivity contribution < 1.29 is 4.79 Å². The van der Waals surface area contributed by atoms with Crippen LogP contribution < -0.4 is 5.32 Å². The van der Waals surface area contributed by atoms with Crippen molar-refractivity contribution in [2.24, 2.45) is 0 Å². The molecule has 2 amide bonds. The minimum absolute atomic E-state index is 0.0234. The Hall–Kier alpha value is -1.89. The molecule has 3 heterocycles. The van der Waals surface area contributed by atoms with E-state index >= 15 is 0 Å². The molecule has 25 heavy (non-hydrogen) atoms. The number of hydrogen-bond acceptors (Lipinski definition) is 4. The standard InChI is InChI=1S/C18H27N5OS/c1-12(17-19-8-10-25-17)11-20-18(24)23-9-6-4-5-7-15(23)16-13(2)21-22-14(16)3/h8,10,12,15H,4-7,9,11H2,1-3H3,(H,20,24)(H,21,22). The van der Waals surface area contributed by atoms with Crippen LogP contribution in [0.2, 0.25) is 0 Å². The van der Waals surface area contributed by atoms with Crippen molar-refractivity contribution in [3.63, 3.8) is 0 Å². The molecule has 0 bridgehead atoms. The molecule has 1 aliphatic rings. The second-order valence-corrected chi connectivity index (χ2v) is 7.79. The van der Waals surface area contributed by atoms with E-state index in [-0.39, 0.29) is 18.0 Å². The van der Waals surface area contributed by atoms with Gasteiger partial charge in [-0.25, -0.2) is 9.78 Å². The van der Waals surface area contributed by atoms with Crippen LogP contribution in [0.3, 0.4) is 0 Å². The Morgan fingerprint density at radius 2 is 2.28 bits per heavy atom. The summed E-state index contributed by atoms with van der Waals surface area (Å²) in [7, 11) is 0. The monoisotopic (exact) mass is 361 g/mol. The van der Waals surface area contributed by atoms with Gasteiger partial charge in [-0.3, -0.25) is 5.10 Å². The lowest BCUT2D eigenvalue weighted by Crippen LogP contribution is -2.43. The number of aromatic amines is 1. The fraction of sp³-hybridized carbons (Fsp3) is 0.611. The van der Waals surface area contributed by atoms with E-state index in [2.05, 4.69) is 27.4 Å². The second kappa shape index (κ2) is 7.99. The van der Waals surface area contributed by atoms with Crippen LogP contribution in [0.4, 0.5) is 4.79 Å². The van der Waals surface area contributed by atoms with Crippen LogP contribution >= 0.6 is 11.3 Å². The van der Waals surface area contributed by atoms with Gasteiger partial charge in [-0.05, 0) is 26.7 Å². The number of likely N-dealkylation sites (tertiary alicyclic amines) is 1. The Morgan fingerprint density at radius 3 is 2.96 bits per heavy atom. The summed E-state index contributed by atoms with van der Waals surface area (Å²) in [6.07, 6.45) is 6.19. The van der Waals surface area contributed by atoms with Crippen molar-refractivity contribution in [1.82, 2.24) is 25.4 Å². The van der Waals surface area contributed by atoms with Gasteiger partial charge >= 0.3 is 6.03 Å². The highest BCUT2D eigenvalue weighted by Gasteiger charge is 2.30. The third-order valence-electron chi connectivity index (χ3n) is 4.96. The maximum absolute atomic E-state index is 12.9. The number of rotatable bonds is 4. The number of thiazole rings is 1. The van der Waals surface area contributed by atoms with Crippen LogP contribution in [0.25, 0.3) is 0 Å². The summed E-state index contributed by atoms with van der Waals surface area (Å²) < 4.78 is 0. The lowest BCUT2D eigenvalue weighted by Gasteiger charge is -2.31. The highest BCUT2D eigenvalue weighted by molar-refractivity contribution is 7.09. The number of nitrogens with zero attached hydrogens (tertiary/aromatic N) is 3. The lowest BCUT2D eigenvalue weighted by atomic mass is 9.99. The van der Waals surface area contributed by atoms with Crippen molar-refractivity contribution in [2.75, 3.05) is 13.1 Å². The molecule has 0 spiro atoms. The van der Waals surface area contributed by atoms with E-state index in [0.717, 1.165) is 42.2 Å². The molecule has 6 nitrogen and oxygen atoms in total. The number of carbonyl (C=O) groups is 1. The third kappa shape index (κ3) is 4.03. The molecule has 3 rings (SSSR count). The van der Waals surface area contributed by atoms with Crippen LogP contribution in [0.1, 0.15) is 66.5 Å². The molecule has 2 aromatic heterocycles. The average Bonchev–Trinajstić information content (AvgIpc) is 3.17. The summed E-state index contributed by atoms with van der Waals surface area (Å²) in [6, 6.07) is 0.131. The predicted molar refractivity (Wildman–Crippen MR) is 99.9 cm³/mol. The SMILES string of the molecule is Cc1n[nH]c(C)c1C1CCCCCN1C(=O)NCC(C)c1nccs1. The Kier molecular flexibility index (Phi) is 5.73. The van der Waals surface area contributed by atoms with Crippen molar-refractivity contribution in [3.8, 4) is 0 Å². The zero-order valence-corrected chi connectivity index (χ0v) is 16.0. The first-order chi connectivity index (χ1) is 12.1. The van der Waals surface area contributed by atoms with Gasteiger partial charge < -0.3 is 10.2 Å². The zero-order chi connectivity index (χ0) is 17.8. The molecule has 1 aliphatic heterocycles. The van der Waals surface area contributed by atoms with E-state index in [4.69, 9.17) is 0 Å². The minimum Gasteiger partial charge on any atom is -0.337 e. The zero-order valence-electron chi connectivity index (χ0n) is 15.2. The minimum atomic E-state index is 0.0234. The quantitative estimate of drug-likeness (QED) is 0.867. The number of amides is 2. The van der Waals surface area contributed by atoms with Crippen molar-refractivity contribution in [3.05, 3.63) is 33.5 Å². The normalized spacial score (nSPS) is 19.5. The molecule has 0 aliphatic carbocycles. The van der Waals surface area contributed by atoms with E-state index in [1.807, 2.05) is 30.3 Å². The van der Waals surface area contributed by atoms with Crippen molar-refractivity contribution in [2.45, 2.75) is 58.4 Å². The van der Waals surface area contributed by atoms with Crippen LogP contribution in [0.5, 0.6) is 0 Å². The second-order valence-electron chi connectivity index (χ2n) is 6.86. The largest absolute Gasteiger partial charge is 0.337 e. The highest BCUT2D eigenvalue weighted by Crippen LogP contribution is 2.33. The molecule has 0 saturated carbocycles. The summed E-state index contributed by atoms with van der Waals surface area (Å²) in [6.45, 7) is 7.57. The summed E-state index contributed by atoms with van der Waals surface area (Å²) in [5, 5.41) is 13.6. The molecular weight excluding hydrogens is 334 g/mol. The maximum Gasteiger partial charge on any atom is 0.317 e. The fourth-order valence-electron chi connectivity index (χ4n) is 3.61. The smallest absolute Gasteiger partial charge is 0.317 e. The van der Waals surface area contributed by atoms with Crippen molar-refractivity contribution in [1.29, 1.82) is 0 Å². The molecule has 1 fully saturated rings. The summed E-state index contributed by atoms with van der Waals surface area (Å²) in [5.41, 5.74) is 3.25. The number of carbonyl (C=O) groups excluding carboxylic acids is 1. The Bertz CT molecular complexity index is 677. The molecule has 2 aromatic rings. The number of nitrogens with one attached hydrogen (secondary N) is 2. The number of H-pyrrole nitrogens is 1. The van der Waals surface area contributed by atoms with Gasteiger partial charge in [-0.1, -0.05) is 19.8 Å². The van der Waals surface area contributed by atoms with Gasteiger partial charge in [0.1, 0.15) is 0 Å². The molecule has 7 heteroatoms. The molecule has 2 N–H and O–H groups in total. The van der Waals surface area contributed by atoms with Gasteiger partial charge in [0.15, 0.2) is 0 Å². The van der Waals surface area contributed by atoms with E-state index in [1.165, 1.54) is 12.0 Å². The van der Waals surface area contributed by atoms with E-state index < -0.39 is 0 Å². The van der Waals surface area contributed by atoms with Gasteiger partial charge in [-0.15, -0.1) is 11.3 Å². The van der Waals surface area contributed by atoms with Crippen LogP contribution in [0, 0.1) is 13.8 Å². The molecule has 2 unspecified atom stereocenters. The summed E-state index contributed by atoms with van der Waals surface area (Å²) >= 11 is 1.64. The van der Waals surface area contributed by atoms with Gasteiger partial charge in [0.2, 0.25) is 0 Å². The fourth-order valence-corrected chi connectivity index (χ4v) is 4.31. The number of hydrogen-bond donors (Lipinski definition) is 2. The molecular formula is C18H27N5OS. The van der Waals surface area contributed by atoms with Gasteiger partial charge in [-0.2, -0.15) is 5.10 Å². The third-order valence-corrected chi connectivity index (χ3v) is 5.97. The van der Waals surface area contributed by atoms with Crippen LogP contribution in [-0.4, -0.2) is 39.2 Å². The van der Waals surface area contributed by atoms with E-state index in [9.17, 15) is 4.79 Å². The Morgan fingerprint density at radius 1 is 1.44 bits per heavy atom. The topological polar surface area (TPSA) is 73.9 Å².